The molecule has 1 amide bonds. The molecule has 2 aromatic rings. The molecule has 0 unspecified atom stereocenters. The van der Waals surface area contributed by atoms with Gasteiger partial charge in [0.2, 0.25) is 5.91 Å². The lowest BCUT2D eigenvalue weighted by molar-refractivity contribution is -0.115. The normalized spacial score (nSPS) is 10.7. The average molecular weight is 274 g/mol. The molecule has 100 valence electrons. The maximum absolute atomic E-state index is 11.9. The van der Waals surface area contributed by atoms with Gasteiger partial charge in [-0.3, -0.25) is 4.79 Å². The molecule has 0 spiro atoms. The lowest BCUT2D eigenvalue weighted by Gasteiger charge is -2.09. The zero-order valence-corrected chi connectivity index (χ0v) is 12.3. The van der Waals surface area contributed by atoms with Crippen LogP contribution in [0.2, 0.25) is 0 Å². The summed E-state index contributed by atoms with van der Waals surface area (Å²) in [5.41, 5.74) is 2.91. The van der Waals surface area contributed by atoms with E-state index in [1.54, 1.807) is 11.3 Å². The molecule has 0 fully saturated rings. The van der Waals surface area contributed by atoms with Crippen LogP contribution in [-0.2, 0) is 11.2 Å². The van der Waals surface area contributed by atoms with Gasteiger partial charge in [-0.05, 0) is 30.5 Å². The summed E-state index contributed by atoms with van der Waals surface area (Å²) in [7, 11) is 0. The van der Waals surface area contributed by atoms with Crippen LogP contribution < -0.4 is 5.32 Å². The Morgan fingerprint density at radius 3 is 2.84 bits per heavy atom. The highest BCUT2D eigenvalue weighted by Crippen LogP contribution is 2.18. The van der Waals surface area contributed by atoms with Crippen LogP contribution in [0.15, 0.2) is 29.6 Å². The van der Waals surface area contributed by atoms with Gasteiger partial charge in [0.1, 0.15) is 0 Å². The molecule has 0 bridgehead atoms. The van der Waals surface area contributed by atoms with Crippen LogP contribution in [0, 0.1) is 6.92 Å². The summed E-state index contributed by atoms with van der Waals surface area (Å²) in [4.78, 5) is 16.2. The minimum Gasteiger partial charge on any atom is -0.326 e. The van der Waals surface area contributed by atoms with Crippen molar-refractivity contribution in [1.29, 1.82) is 0 Å². The van der Waals surface area contributed by atoms with Crippen molar-refractivity contribution in [1.82, 2.24) is 4.98 Å². The molecule has 0 aliphatic rings. The number of carbonyl (C=O) groups is 1. The number of nitrogens with zero attached hydrogens (tertiary/aromatic N) is 1. The number of rotatable bonds is 4. The van der Waals surface area contributed by atoms with Crippen molar-refractivity contribution in [3.05, 3.63) is 45.9 Å². The third kappa shape index (κ3) is 3.89. The first-order valence-electron chi connectivity index (χ1n) is 6.35. The number of thiazole rings is 1. The maximum atomic E-state index is 11.9. The fourth-order valence-corrected chi connectivity index (χ4v) is 2.45. The number of aryl methyl sites for hydroxylation is 1. The Morgan fingerprint density at radius 1 is 1.42 bits per heavy atom. The first-order chi connectivity index (χ1) is 9.04. The van der Waals surface area contributed by atoms with Crippen LogP contribution in [-0.4, -0.2) is 10.9 Å². The van der Waals surface area contributed by atoms with Crippen LogP contribution in [0.25, 0.3) is 0 Å². The molecule has 4 heteroatoms. The molecule has 0 saturated heterocycles. The summed E-state index contributed by atoms with van der Waals surface area (Å²) >= 11 is 1.57. The molecule has 3 nitrogen and oxygen atoms in total. The fourth-order valence-electron chi connectivity index (χ4n) is 1.83. The third-order valence-corrected chi connectivity index (χ3v) is 3.67. The molecule has 0 radical (unpaired) electrons. The Balaban J connectivity index is 2.00. The second kappa shape index (κ2) is 5.97. The smallest absolute Gasteiger partial charge is 0.230 e. The molecule has 0 saturated carbocycles. The molecule has 0 aliphatic heterocycles. The molecule has 1 aromatic carbocycles. The lowest BCUT2D eigenvalue weighted by Crippen LogP contribution is -2.14. The first-order valence-corrected chi connectivity index (χ1v) is 7.23. The van der Waals surface area contributed by atoms with Gasteiger partial charge in [-0.1, -0.05) is 26.0 Å². The molecular weight excluding hydrogens is 256 g/mol. The highest BCUT2D eigenvalue weighted by molar-refractivity contribution is 7.09. The van der Waals surface area contributed by atoms with Crippen LogP contribution in [0.4, 0.5) is 5.69 Å². The van der Waals surface area contributed by atoms with Gasteiger partial charge >= 0.3 is 0 Å². The number of anilines is 1. The van der Waals surface area contributed by atoms with Gasteiger partial charge in [0.15, 0.2) is 0 Å². The number of nitrogens with one attached hydrogen (secondary N) is 1. The largest absolute Gasteiger partial charge is 0.326 e. The van der Waals surface area contributed by atoms with Crippen LogP contribution in [0.5, 0.6) is 0 Å². The molecule has 1 heterocycles. The van der Waals surface area contributed by atoms with Crippen molar-refractivity contribution >= 4 is 22.9 Å². The minimum atomic E-state index is -0.0220. The summed E-state index contributed by atoms with van der Waals surface area (Å²) in [6.45, 7) is 6.22. The van der Waals surface area contributed by atoms with Crippen molar-refractivity contribution in [2.75, 3.05) is 5.32 Å². The monoisotopic (exact) mass is 274 g/mol. The van der Waals surface area contributed by atoms with Gasteiger partial charge in [-0.15, -0.1) is 11.3 Å². The molecule has 2 rings (SSSR count). The number of aromatic nitrogens is 1. The third-order valence-electron chi connectivity index (χ3n) is 2.85. The zero-order chi connectivity index (χ0) is 13.8. The van der Waals surface area contributed by atoms with E-state index in [1.807, 2.05) is 30.5 Å². The topological polar surface area (TPSA) is 42.0 Å². The Morgan fingerprint density at radius 2 is 2.21 bits per heavy atom. The van der Waals surface area contributed by atoms with Crippen LogP contribution >= 0.6 is 11.3 Å². The first kappa shape index (κ1) is 13.7. The second-order valence-corrected chi connectivity index (χ2v) is 5.93. The standard InChI is InChI=1S/C15H18N2OS/c1-10(2)12-5-4-6-13(7-12)17-15(18)8-14-9-19-11(3)16-14/h4-7,9-10H,8H2,1-3H3,(H,17,18). The summed E-state index contributed by atoms with van der Waals surface area (Å²) in [5, 5.41) is 5.84. The predicted molar refractivity (Wildman–Crippen MR) is 79.7 cm³/mol. The lowest BCUT2D eigenvalue weighted by atomic mass is 10.0. The van der Waals surface area contributed by atoms with Gasteiger partial charge in [0.25, 0.3) is 0 Å². The SMILES string of the molecule is Cc1nc(CC(=O)Nc2cccc(C(C)C)c2)cs1. The Hall–Kier alpha value is -1.68. The van der Waals surface area contributed by atoms with Gasteiger partial charge in [0, 0.05) is 11.1 Å². The molecule has 1 N–H and O–H groups in total. The molecule has 0 aliphatic carbocycles. The number of carbonyl (C=O) groups excluding carboxylic acids is 1. The van der Waals surface area contributed by atoms with Gasteiger partial charge < -0.3 is 5.32 Å². The Kier molecular flexibility index (Phi) is 4.32. The van der Waals surface area contributed by atoms with Crippen molar-refractivity contribution < 1.29 is 4.79 Å². The van der Waals surface area contributed by atoms with E-state index in [4.69, 9.17) is 0 Å². The van der Waals surface area contributed by atoms with E-state index in [2.05, 4.69) is 30.2 Å². The van der Waals surface area contributed by atoms with E-state index < -0.39 is 0 Å². The molecule has 19 heavy (non-hydrogen) atoms. The van der Waals surface area contributed by atoms with E-state index in [1.165, 1.54) is 5.56 Å². The van der Waals surface area contributed by atoms with Crippen molar-refractivity contribution in [3.8, 4) is 0 Å². The van der Waals surface area contributed by atoms with Crippen molar-refractivity contribution in [2.45, 2.75) is 33.1 Å². The average Bonchev–Trinajstić information content (AvgIpc) is 2.74. The van der Waals surface area contributed by atoms with E-state index >= 15 is 0 Å². The van der Waals surface area contributed by atoms with Gasteiger partial charge in [-0.25, -0.2) is 4.98 Å². The minimum absolute atomic E-state index is 0.0220. The summed E-state index contributed by atoms with van der Waals surface area (Å²) in [6.07, 6.45) is 0.330. The second-order valence-electron chi connectivity index (χ2n) is 4.86. The van der Waals surface area contributed by atoms with Crippen molar-refractivity contribution in [2.24, 2.45) is 0 Å². The zero-order valence-electron chi connectivity index (χ0n) is 11.4. The fraction of sp³-hybridized carbons (Fsp3) is 0.333. The number of hydrogen-bond acceptors (Lipinski definition) is 3. The molecule has 0 atom stereocenters. The Bertz CT molecular complexity index is 575. The maximum Gasteiger partial charge on any atom is 0.230 e. The highest BCUT2D eigenvalue weighted by Gasteiger charge is 2.07. The molecule has 1 aromatic heterocycles. The Labute approximate surface area is 117 Å². The quantitative estimate of drug-likeness (QED) is 0.922. The number of hydrogen-bond donors (Lipinski definition) is 1. The van der Waals surface area contributed by atoms with E-state index in [9.17, 15) is 4.79 Å². The van der Waals surface area contributed by atoms with E-state index in [0.29, 0.717) is 12.3 Å². The number of amides is 1. The van der Waals surface area contributed by atoms with Gasteiger partial charge in [0.05, 0.1) is 17.1 Å². The van der Waals surface area contributed by atoms with Crippen LogP contribution in [0.1, 0.15) is 36.0 Å². The highest BCUT2D eigenvalue weighted by atomic mass is 32.1. The van der Waals surface area contributed by atoms with Gasteiger partial charge in [-0.2, -0.15) is 0 Å². The van der Waals surface area contributed by atoms with E-state index in [0.717, 1.165) is 16.4 Å². The van der Waals surface area contributed by atoms with Crippen molar-refractivity contribution in [3.63, 3.8) is 0 Å². The van der Waals surface area contributed by atoms with E-state index in [-0.39, 0.29) is 5.91 Å². The number of benzene rings is 1. The van der Waals surface area contributed by atoms with Crippen LogP contribution in [0.3, 0.4) is 0 Å². The summed E-state index contributed by atoms with van der Waals surface area (Å²) < 4.78 is 0. The molecular formula is C15H18N2OS. The summed E-state index contributed by atoms with van der Waals surface area (Å²) in [6, 6.07) is 7.98. The predicted octanol–water partition coefficient (Wildman–Crippen LogP) is 3.76. The summed E-state index contributed by atoms with van der Waals surface area (Å²) in [5.74, 6) is 0.434.